The second kappa shape index (κ2) is 8.06. The average molecular weight is 376 g/mol. The fourth-order valence-corrected chi connectivity index (χ4v) is 4.94. The molecule has 138 valence electrons. The highest BCUT2D eigenvalue weighted by Gasteiger charge is 2.27. The number of para-hydroxylation sites is 1. The van der Waals surface area contributed by atoms with Gasteiger partial charge < -0.3 is 5.11 Å². The third kappa shape index (κ3) is 4.46. The van der Waals surface area contributed by atoms with Crippen molar-refractivity contribution in [2.75, 3.05) is 0 Å². The lowest BCUT2D eigenvalue weighted by atomic mass is 9.95. The van der Waals surface area contributed by atoms with Crippen LogP contribution in [0.25, 0.3) is 0 Å². The highest BCUT2D eigenvalue weighted by Crippen LogP contribution is 2.45. The van der Waals surface area contributed by atoms with E-state index in [9.17, 15) is 9.90 Å². The molecule has 3 aromatic carbocycles. The molecule has 2 nitrogen and oxygen atoms in total. The predicted molar refractivity (Wildman–Crippen MR) is 115 cm³/mol. The molecule has 0 radical (unpaired) electrons. The topological polar surface area (TPSA) is 37.3 Å². The van der Waals surface area contributed by atoms with Crippen LogP contribution in [0.1, 0.15) is 47.8 Å². The van der Waals surface area contributed by atoms with Crippen molar-refractivity contribution >= 4 is 19.7 Å². The van der Waals surface area contributed by atoms with E-state index >= 15 is 0 Å². The molecule has 0 saturated heterocycles. The maximum Gasteiger partial charge on any atom is 0.160 e. The number of phenolic OH excluding ortho intramolecular Hbond substituents is 1. The molecule has 0 fully saturated rings. The molecule has 1 unspecified atom stereocenters. The molecule has 0 amide bonds. The first kappa shape index (κ1) is 19.3. The van der Waals surface area contributed by atoms with Crippen LogP contribution >= 0.6 is 8.58 Å². The highest BCUT2D eigenvalue weighted by atomic mass is 31.1. The lowest BCUT2D eigenvalue weighted by Crippen LogP contribution is -2.19. The van der Waals surface area contributed by atoms with Gasteiger partial charge in [0.1, 0.15) is 5.75 Å². The molecular formula is C24H25O2P. The van der Waals surface area contributed by atoms with Crippen LogP contribution in [0, 0.1) is 0 Å². The summed E-state index contributed by atoms with van der Waals surface area (Å²) in [6, 6.07) is 23.9. The van der Waals surface area contributed by atoms with Gasteiger partial charge in [-0.25, -0.2) is 0 Å². The van der Waals surface area contributed by atoms with E-state index in [1.807, 2.05) is 60.7 Å². The van der Waals surface area contributed by atoms with Gasteiger partial charge in [-0.05, 0) is 23.4 Å². The summed E-state index contributed by atoms with van der Waals surface area (Å²) in [7, 11) is 0.380. The molecule has 27 heavy (non-hydrogen) atoms. The Hall–Kier alpha value is -2.44. The lowest BCUT2D eigenvalue weighted by molar-refractivity contribution is 0.101. The first-order chi connectivity index (χ1) is 12.9. The normalized spacial score (nSPS) is 11.8. The summed E-state index contributed by atoms with van der Waals surface area (Å²) in [4.78, 5) is 12.0. The Labute approximate surface area is 163 Å². The fourth-order valence-electron chi connectivity index (χ4n) is 3.36. The SMILES string of the molecule is CC(=O)c1ccccc1PC(C)(C)c1cccc(Cc2ccccc2)c1O. The summed E-state index contributed by atoms with van der Waals surface area (Å²) in [5.41, 5.74) is 3.79. The molecule has 0 heterocycles. The van der Waals surface area contributed by atoms with E-state index in [0.717, 1.165) is 22.0 Å². The Bertz CT molecular complexity index is 946. The van der Waals surface area contributed by atoms with Gasteiger partial charge in [0.05, 0.1) is 0 Å². The number of phenols is 1. The molecule has 0 bridgehead atoms. The predicted octanol–water partition coefficient (Wildman–Crippen LogP) is 5.42. The van der Waals surface area contributed by atoms with Crippen LogP contribution in [0.5, 0.6) is 5.75 Å². The first-order valence-corrected chi connectivity index (χ1v) is 10.1. The monoisotopic (exact) mass is 376 g/mol. The van der Waals surface area contributed by atoms with Crippen molar-refractivity contribution < 1.29 is 9.90 Å². The smallest absolute Gasteiger partial charge is 0.160 e. The Balaban J connectivity index is 1.93. The number of carbonyl (C=O) groups is 1. The minimum absolute atomic E-state index is 0.0796. The van der Waals surface area contributed by atoms with E-state index in [0.29, 0.717) is 20.8 Å². The van der Waals surface area contributed by atoms with Gasteiger partial charge in [-0.3, -0.25) is 4.79 Å². The Morgan fingerprint density at radius 2 is 1.59 bits per heavy atom. The average Bonchev–Trinajstić information content (AvgIpc) is 2.64. The Morgan fingerprint density at radius 3 is 2.30 bits per heavy atom. The van der Waals surface area contributed by atoms with Crippen molar-refractivity contribution in [3.63, 3.8) is 0 Å². The number of hydrogen-bond donors (Lipinski definition) is 1. The van der Waals surface area contributed by atoms with Gasteiger partial charge in [-0.2, -0.15) is 0 Å². The number of benzene rings is 3. The zero-order valence-electron chi connectivity index (χ0n) is 16.0. The van der Waals surface area contributed by atoms with Crippen molar-refractivity contribution in [3.8, 4) is 5.75 Å². The zero-order chi connectivity index (χ0) is 19.4. The van der Waals surface area contributed by atoms with Crippen LogP contribution < -0.4 is 5.30 Å². The maximum atomic E-state index is 12.0. The fraction of sp³-hybridized carbons (Fsp3) is 0.208. The Kier molecular flexibility index (Phi) is 5.77. The molecule has 0 aliphatic carbocycles. The number of Topliss-reactive ketones (excluding diaryl/α,β-unsaturated/α-hetero) is 1. The summed E-state index contributed by atoms with van der Waals surface area (Å²) < 4.78 is 0. The van der Waals surface area contributed by atoms with Crippen LogP contribution in [0.3, 0.4) is 0 Å². The van der Waals surface area contributed by atoms with Gasteiger partial charge in [0.2, 0.25) is 0 Å². The van der Waals surface area contributed by atoms with Crippen LogP contribution in [-0.2, 0) is 11.6 Å². The quantitative estimate of drug-likeness (QED) is 0.460. The van der Waals surface area contributed by atoms with E-state index in [4.69, 9.17) is 0 Å². The van der Waals surface area contributed by atoms with E-state index in [1.165, 1.54) is 5.56 Å². The summed E-state index contributed by atoms with van der Waals surface area (Å²) in [5, 5.41) is 11.7. The van der Waals surface area contributed by atoms with E-state index in [1.54, 1.807) is 6.92 Å². The van der Waals surface area contributed by atoms with Gasteiger partial charge in [-0.1, -0.05) is 95.2 Å². The van der Waals surface area contributed by atoms with Crippen molar-refractivity contribution in [2.45, 2.75) is 32.3 Å². The first-order valence-electron chi connectivity index (χ1n) is 9.12. The third-order valence-corrected chi connectivity index (χ3v) is 6.38. The standard InChI is InChI=1S/C24H25O2P/c1-17(25)20-13-7-8-15-22(20)27-24(2,3)21-14-9-12-19(23(21)26)16-18-10-5-4-6-11-18/h4-15,26-27H,16H2,1-3H3. The molecule has 0 aliphatic rings. The van der Waals surface area contributed by atoms with Gasteiger partial charge in [0.25, 0.3) is 0 Å². The minimum atomic E-state index is -0.275. The number of rotatable bonds is 6. The van der Waals surface area contributed by atoms with Crippen molar-refractivity contribution in [3.05, 3.63) is 95.1 Å². The van der Waals surface area contributed by atoms with Gasteiger partial charge in [0.15, 0.2) is 5.78 Å². The molecule has 3 rings (SSSR count). The molecule has 3 heteroatoms. The van der Waals surface area contributed by atoms with Gasteiger partial charge in [-0.15, -0.1) is 0 Å². The number of ketones is 1. The van der Waals surface area contributed by atoms with E-state index < -0.39 is 0 Å². The minimum Gasteiger partial charge on any atom is -0.507 e. The molecule has 0 saturated carbocycles. The number of carbonyl (C=O) groups excluding carboxylic acids is 1. The van der Waals surface area contributed by atoms with Crippen molar-refractivity contribution in [2.24, 2.45) is 0 Å². The summed E-state index contributed by atoms with van der Waals surface area (Å²) in [5.74, 6) is 0.440. The van der Waals surface area contributed by atoms with Crippen LogP contribution in [0.4, 0.5) is 0 Å². The van der Waals surface area contributed by atoms with E-state index in [2.05, 4.69) is 26.0 Å². The lowest BCUT2D eigenvalue weighted by Gasteiger charge is -2.28. The number of hydrogen-bond acceptors (Lipinski definition) is 2. The molecular weight excluding hydrogens is 351 g/mol. The second-order valence-electron chi connectivity index (χ2n) is 7.33. The summed E-state index contributed by atoms with van der Waals surface area (Å²) in [6.07, 6.45) is 0.698. The van der Waals surface area contributed by atoms with Crippen LogP contribution in [-0.4, -0.2) is 10.9 Å². The summed E-state index contributed by atoms with van der Waals surface area (Å²) >= 11 is 0. The third-order valence-electron chi connectivity index (χ3n) is 4.78. The molecule has 0 spiro atoms. The van der Waals surface area contributed by atoms with Crippen LogP contribution in [0.2, 0.25) is 0 Å². The largest absolute Gasteiger partial charge is 0.507 e. The second-order valence-corrected chi connectivity index (χ2v) is 9.37. The molecule has 0 aromatic heterocycles. The highest BCUT2D eigenvalue weighted by molar-refractivity contribution is 7.48. The maximum absolute atomic E-state index is 12.0. The van der Waals surface area contributed by atoms with Crippen molar-refractivity contribution in [1.29, 1.82) is 0 Å². The van der Waals surface area contributed by atoms with E-state index in [-0.39, 0.29) is 10.9 Å². The van der Waals surface area contributed by atoms with Crippen LogP contribution in [0.15, 0.2) is 72.8 Å². The summed E-state index contributed by atoms with van der Waals surface area (Å²) in [6.45, 7) is 5.86. The molecule has 0 aliphatic heterocycles. The molecule has 1 N–H and O–H groups in total. The van der Waals surface area contributed by atoms with Gasteiger partial charge in [0, 0.05) is 22.7 Å². The Morgan fingerprint density at radius 1 is 0.926 bits per heavy atom. The van der Waals surface area contributed by atoms with Gasteiger partial charge >= 0.3 is 0 Å². The molecule has 1 atom stereocenters. The number of aromatic hydroxyl groups is 1. The van der Waals surface area contributed by atoms with Crippen molar-refractivity contribution in [1.82, 2.24) is 0 Å². The molecule has 3 aromatic rings. The zero-order valence-corrected chi connectivity index (χ0v) is 17.0.